The number of nitrogens with one attached hydrogen (secondary N) is 2. The Morgan fingerprint density at radius 2 is 2.24 bits per heavy atom. The molecule has 0 saturated heterocycles. The monoisotopic (exact) mass is 322 g/mol. The molecule has 0 radical (unpaired) electrons. The third kappa shape index (κ3) is 5.02. The minimum Gasteiger partial charge on any atom is -0.356 e. The molecule has 2 heterocycles. The third-order valence-electron chi connectivity index (χ3n) is 3.08. The molecule has 112 valence electrons. The van der Waals surface area contributed by atoms with Crippen LogP contribution < -0.4 is 10.6 Å². The molecule has 1 atom stereocenters. The Hall–Kier alpha value is -1.59. The number of guanidine groups is 1. The fourth-order valence-corrected chi connectivity index (χ4v) is 2.74. The van der Waals surface area contributed by atoms with Gasteiger partial charge in [0.15, 0.2) is 5.96 Å². The maximum atomic E-state index is 5.77. The predicted octanol–water partition coefficient (Wildman–Crippen LogP) is 3.27. The molecule has 0 aliphatic rings. The van der Waals surface area contributed by atoms with Crippen molar-refractivity contribution in [3.63, 3.8) is 0 Å². The molecule has 0 aromatic carbocycles. The van der Waals surface area contributed by atoms with Crippen molar-refractivity contribution in [1.29, 1.82) is 0 Å². The molecule has 2 aromatic rings. The van der Waals surface area contributed by atoms with Crippen molar-refractivity contribution in [3.05, 3.63) is 51.4 Å². The van der Waals surface area contributed by atoms with Crippen LogP contribution in [0.2, 0.25) is 5.15 Å². The Labute approximate surface area is 134 Å². The van der Waals surface area contributed by atoms with Gasteiger partial charge in [-0.25, -0.2) is 4.98 Å². The van der Waals surface area contributed by atoms with E-state index in [1.807, 2.05) is 6.07 Å². The van der Waals surface area contributed by atoms with E-state index in [2.05, 4.69) is 45.0 Å². The van der Waals surface area contributed by atoms with Crippen LogP contribution in [-0.2, 0) is 6.54 Å². The smallest absolute Gasteiger partial charge is 0.191 e. The van der Waals surface area contributed by atoms with Gasteiger partial charge in [-0.05, 0) is 23.1 Å². The van der Waals surface area contributed by atoms with Gasteiger partial charge in [-0.3, -0.25) is 4.99 Å². The van der Waals surface area contributed by atoms with Crippen molar-refractivity contribution in [2.75, 3.05) is 13.6 Å². The van der Waals surface area contributed by atoms with Gasteiger partial charge in [0.25, 0.3) is 0 Å². The highest BCUT2D eigenvalue weighted by atomic mass is 35.5. The average molecular weight is 323 g/mol. The first-order valence-corrected chi connectivity index (χ1v) is 8.03. The lowest BCUT2D eigenvalue weighted by Crippen LogP contribution is -2.38. The van der Waals surface area contributed by atoms with Crippen LogP contribution in [0, 0.1) is 0 Å². The number of pyridine rings is 1. The second kappa shape index (κ2) is 8.00. The molecular weight excluding hydrogens is 304 g/mol. The zero-order chi connectivity index (χ0) is 15.1. The maximum absolute atomic E-state index is 5.77. The largest absolute Gasteiger partial charge is 0.356 e. The van der Waals surface area contributed by atoms with Crippen LogP contribution in [-0.4, -0.2) is 24.5 Å². The molecule has 0 amide bonds. The summed E-state index contributed by atoms with van der Waals surface area (Å²) in [4.78, 5) is 9.66. The lowest BCUT2D eigenvalue weighted by Gasteiger charge is -2.15. The van der Waals surface area contributed by atoms with E-state index < -0.39 is 0 Å². The molecule has 0 bridgehead atoms. The number of nitrogens with zero attached hydrogens (tertiary/aromatic N) is 2. The van der Waals surface area contributed by atoms with Gasteiger partial charge in [-0.15, -0.1) is 11.3 Å². The first-order chi connectivity index (χ1) is 10.2. The first-order valence-electron chi connectivity index (χ1n) is 6.77. The van der Waals surface area contributed by atoms with Crippen LogP contribution in [0.3, 0.4) is 0 Å². The summed E-state index contributed by atoms with van der Waals surface area (Å²) < 4.78 is 0. The molecular formula is C15H19ClN4S. The van der Waals surface area contributed by atoms with Gasteiger partial charge in [-0.2, -0.15) is 0 Å². The summed E-state index contributed by atoms with van der Waals surface area (Å²) in [7, 11) is 1.77. The molecule has 0 aliphatic heterocycles. The van der Waals surface area contributed by atoms with Crippen molar-refractivity contribution >= 4 is 28.9 Å². The van der Waals surface area contributed by atoms with Crippen molar-refractivity contribution < 1.29 is 0 Å². The van der Waals surface area contributed by atoms with Gasteiger partial charge in [0.05, 0.1) is 0 Å². The Morgan fingerprint density at radius 1 is 1.38 bits per heavy atom. The summed E-state index contributed by atoms with van der Waals surface area (Å²) >= 11 is 7.55. The highest BCUT2D eigenvalue weighted by Crippen LogP contribution is 2.19. The van der Waals surface area contributed by atoms with Crippen LogP contribution in [0.15, 0.2) is 40.8 Å². The molecule has 4 nitrogen and oxygen atoms in total. The SMILES string of the molecule is CN=C(NCc1ccc(Cl)nc1)NCC(C)c1cccs1. The van der Waals surface area contributed by atoms with Crippen LogP contribution in [0.5, 0.6) is 0 Å². The standard InChI is InChI=1S/C15H19ClN4S/c1-11(13-4-3-7-21-13)8-19-15(17-2)20-10-12-5-6-14(16)18-9-12/h3-7,9,11H,8,10H2,1-2H3,(H2,17,19,20). The second-order valence-corrected chi connectivity index (χ2v) is 6.08. The first kappa shape index (κ1) is 15.8. The molecule has 6 heteroatoms. The van der Waals surface area contributed by atoms with E-state index in [-0.39, 0.29) is 0 Å². The molecule has 0 saturated carbocycles. The summed E-state index contributed by atoms with van der Waals surface area (Å²) in [6.07, 6.45) is 1.76. The second-order valence-electron chi connectivity index (χ2n) is 4.71. The predicted molar refractivity (Wildman–Crippen MR) is 90.2 cm³/mol. The summed E-state index contributed by atoms with van der Waals surface area (Å²) in [6.45, 7) is 3.71. The van der Waals surface area contributed by atoms with Crippen LogP contribution in [0.1, 0.15) is 23.3 Å². The summed E-state index contributed by atoms with van der Waals surface area (Å²) in [5, 5.41) is 9.21. The lowest BCUT2D eigenvalue weighted by molar-refractivity contribution is 0.708. The number of aliphatic imine (C=N–C) groups is 1. The van der Waals surface area contributed by atoms with E-state index in [1.54, 1.807) is 30.6 Å². The van der Waals surface area contributed by atoms with Crippen LogP contribution in [0.4, 0.5) is 0 Å². The minimum absolute atomic E-state index is 0.459. The Balaban J connectivity index is 1.79. The number of aromatic nitrogens is 1. The maximum Gasteiger partial charge on any atom is 0.191 e. The molecule has 2 rings (SSSR count). The summed E-state index contributed by atoms with van der Waals surface area (Å²) in [6, 6.07) is 7.97. The van der Waals surface area contributed by atoms with Gasteiger partial charge in [0, 0.05) is 37.1 Å². The van der Waals surface area contributed by atoms with E-state index in [0.717, 1.165) is 18.1 Å². The number of thiophene rings is 1. The molecule has 0 aliphatic carbocycles. The van der Waals surface area contributed by atoms with Gasteiger partial charge < -0.3 is 10.6 Å². The molecule has 2 N–H and O–H groups in total. The van der Waals surface area contributed by atoms with E-state index >= 15 is 0 Å². The molecule has 1 unspecified atom stereocenters. The van der Waals surface area contributed by atoms with Gasteiger partial charge in [-0.1, -0.05) is 30.7 Å². The average Bonchev–Trinajstić information content (AvgIpc) is 3.03. The number of hydrogen-bond donors (Lipinski definition) is 2. The van der Waals surface area contributed by atoms with E-state index in [1.165, 1.54) is 4.88 Å². The number of halogens is 1. The third-order valence-corrected chi connectivity index (χ3v) is 4.40. The van der Waals surface area contributed by atoms with E-state index in [0.29, 0.717) is 17.6 Å². The van der Waals surface area contributed by atoms with Crippen molar-refractivity contribution in [3.8, 4) is 0 Å². The van der Waals surface area contributed by atoms with Gasteiger partial charge in [0.1, 0.15) is 5.15 Å². The Bertz CT molecular complexity index is 566. The van der Waals surface area contributed by atoms with Gasteiger partial charge >= 0.3 is 0 Å². The van der Waals surface area contributed by atoms with E-state index in [4.69, 9.17) is 11.6 Å². The number of rotatable bonds is 5. The molecule has 21 heavy (non-hydrogen) atoms. The lowest BCUT2D eigenvalue weighted by atomic mass is 10.1. The minimum atomic E-state index is 0.459. The quantitative estimate of drug-likeness (QED) is 0.504. The summed E-state index contributed by atoms with van der Waals surface area (Å²) in [5.41, 5.74) is 1.06. The zero-order valence-electron chi connectivity index (χ0n) is 12.1. The van der Waals surface area contributed by atoms with E-state index in [9.17, 15) is 0 Å². The Kier molecular flexibility index (Phi) is 6.02. The highest BCUT2D eigenvalue weighted by molar-refractivity contribution is 7.10. The van der Waals surface area contributed by atoms with Crippen LogP contribution >= 0.6 is 22.9 Å². The van der Waals surface area contributed by atoms with Gasteiger partial charge in [0.2, 0.25) is 0 Å². The summed E-state index contributed by atoms with van der Waals surface area (Å²) in [5.74, 6) is 1.24. The number of hydrogen-bond acceptors (Lipinski definition) is 3. The molecule has 2 aromatic heterocycles. The van der Waals surface area contributed by atoms with Crippen LogP contribution in [0.25, 0.3) is 0 Å². The topological polar surface area (TPSA) is 49.3 Å². The highest BCUT2D eigenvalue weighted by Gasteiger charge is 2.07. The molecule has 0 spiro atoms. The normalized spacial score (nSPS) is 13.0. The fourth-order valence-electron chi connectivity index (χ4n) is 1.84. The van der Waals surface area contributed by atoms with Crippen molar-refractivity contribution in [1.82, 2.24) is 15.6 Å². The Morgan fingerprint density at radius 3 is 2.86 bits per heavy atom. The van der Waals surface area contributed by atoms with Crippen molar-refractivity contribution in [2.45, 2.75) is 19.4 Å². The van der Waals surface area contributed by atoms with Crippen molar-refractivity contribution in [2.24, 2.45) is 4.99 Å². The molecule has 0 fully saturated rings. The zero-order valence-corrected chi connectivity index (χ0v) is 13.7. The fraction of sp³-hybridized carbons (Fsp3) is 0.333.